The summed E-state index contributed by atoms with van der Waals surface area (Å²) in [5.41, 5.74) is 3.46. The maximum Gasteiger partial charge on any atom is 0.339 e. The second-order valence-electron chi connectivity index (χ2n) is 6.30. The molecule has 0 bridgehead atoms. The van der Waals surface area contributed by atoms with Gasteiger partial charge in [0, 0.05) is 35.1 Å². The molecule has 2 aromatic carbocycles. The van der Waals surface area contributed by atoms with Gasteiger partial charge in [-0.25, -0.2) is 4.79 Å². The summed E-state index contributed by atoms with van der Waals surface area (Å²) in [7, 11) is 0. The number of rotatable bonds is 4. The molecule has 1 aromatic heterocycles. The minimum Gasteiger partial charge on any atom is -0.448 e. The van der Waals surface area contributed by atoms with Gasteiger partial charge in [0.15, 0.2) is 6.10 Å². The Bertz CT molecular complexity index is 996. The predicted octanol–water partition coefficient (Wildman–Crippen LogP) is 3.26. The zero-order valence-electron chi connectivity index (χ0n) is 13.9. The summed E-state index contributed by atoms with van der Waals surface area (Å²) in [5.74, 6) is -0.719. The van der Waals surface area contributed by atoms with Crippen LogP contribution in [0, 0.1) is 0 Å². The molecule has 1 aliphatic heterocycles. The number of amides is 1. The number of ether oxygens (including phenoxy) is 1. The van der Waals surface area contributed by atoms with Gasteiger partial charge in [-0.2, -0.15) is 0 Å². The number of hydrogen-bond acceptors (Lipinski definition) is 3. The average molecular weight is 369 g/mol. The van der Waals surface area contributed by atoms with E-state index in [0.29, 0.717) is 30.0 Å². The predicted molar refractivity (Wildman–Crippen MR) is 99.4 cm³/mol. The Hall–Kier alpha value is -2.79. The van der Waals surface area contributed by atoms with Crippen LogP contribution in [-0.4, -0.2) is 29.5 Å². The molecule has 4 rings (SSSR count). The zero-order valence-corrected chi connectivity index (χ0v) is 14.7. The van der Waals surface area contributed by atoms with Crippen molar-refractivity contribution in [1.82, 2.24) is 10.3 Å². The first-order valence-electron chi connectivity index (χ1n) is 8.44. The molecular formula is C20H17ClN2O3. The molecule has 2 N–H and O–H groups in total. The summed E-state index contributed by atoms with van der Waals surface area (Å²) in [6, 6.07) is 12.9. The number of aromatic nitrogens is 1. The molecule has 0 fully saturated rings. The van der Waals surface area contributed by atoms with Crippen LogP contribution in [-0.2, 0) is 22.4 Å². The highest BCUT2D eigenvalue weighted by Gasteiger charge is 2.30. The van der Waals surface area contributed by atoms with Gasteiger partial charge in [0.05, 0.1) is 5.56 Å². The van der Waals surface area contributed by atoms with Crippen LogP contribution in [0.1, 0.15) is 21.5 Å². The van der Waals surface area contributed by atoms with Crippen molar-refractivity contribution in [3.05, 3.63) is 70.4 Å². The quantitative estimate of drug-likeness (QED) is 0.694. The van der Waals surface area contributed by atoms with Gasteiger partial charge >= 0.3 is 5.97 Å². The first-order valence-corrected chi connectivity index (χ1v) is 8.82. The third-order valence-corrected chi connectivity index (χ3v) is 4.84. The summed E-state index contributed by atoms with van der Waals surface area (Å²) in [6.07, 6.45) is 2.19. The highest BCUT2D eigenvalue weighted by Crippen LogP contribution is 2.23. The number of cyclic esters (lactones) is 1. The van der Waals surface area contributed by atoms with Crippen LogP contribution in [0.5, 0.6) is 0 Å². The topological polar surface area (TPSA) is 71.2 Å². The monoisotopic (exact) mass is 368 g/mol. The molecule has 0 saturated heterocycles. The number of H-pyrrole nitrogens is 1. The Morgan fingerprint density at radius 3 is 3.00 bits per heavy atom. The molecule has 3 aromatic rings. The van der Waals surface area contributed by atoms with Crippen LogP contribution >= 0.6 is 11.6 Å². The summed E-state index contributed by atoms with van der Waals surface area (Å²) < 4.78 is 5.27. The fraction of sp³-hybridized carbons (Fsp3) is 0.200. The smallest absolute Gasteiger partial charge is 0.339 e. The van der Waals surface area contributed by atoms with Crippen molar-refractivity contribution in [3.8, 4) is 0 Å². The van der Waals surface area contributed by atoms with Gasteiger partial charge in [-0.3, -0.25) is 4.79 Å². The minimum absolute atomic E-state index is 0.272. The Kier molecular flexibility index (Phi) is 4.39. The SMILES string of the molecule is O=C1OC(C(=O)NCCc2c[nH]c3ccc(Cl)cc23)Cc2ccccc21. The lowest BCUT2D eigenvalue weighted by Crippen LogP contribution is -2.42. The molecule has 1 amide bonds. The van der Waals surface area contributed by atoms with Crippen LogP contribution in [0.2, 0.25) is 5.02 Å². The summed E-state index contributed by atoms with van der Waals surface area (Å²) >= 11 is 6.06. The highest BCUT2D eigenvalue weighted by molar-refractivity contribution is 6.31. The van der Waals surface area contributed by atoms with E-state index in [0.717, 1.165) is 22.0 Å². The molecule has 1 atom stereocenters. The Balaban J connectivity index is 1.38. The third-order valence-electron chi connectivity index (χ3n) is 4.61. The Labute approximate surface area is 155 Å². The first kappa shape index (κ1) is 16.7. The Morgan fingerprint density at radius 2 is 2.12 bits per heavy atom. The van der Waals surface area contributed by atoms with Crippen LogP contribution in [0.15, 0.2) is 48.7 Å². The van der Waals surface area contributed by atoms with E-state index in [9.17, 15) is 9.59 Å². The van der Waals surface area contributed by atoms with E-state index in [1.807, 2.05) is 36.5 Å². The number of carbonyl (C=O) groups excluding carboxylic acids is 2. The number of aromatic amines is 1. The fourth-order valence-electron chi connectivity index (χ4n) is 3.27. The van der Waals surface area contributed by atoms with Crippen molar-refractivity contribution in [2.45, 2.75) is 18.9 Å². The number of fused-ring (bicyclic) bond motifs is 2. The number of halogens is 1. The van der Waals surface area contributed by atoms with E-state index < -0.39 is 12.1 Å². The van der Waals surface area contributed by atoms with Crippen molar-refractivity contribution in [1.29, 1.82) is 0 Å². The lowest BCUT2D eigenvalue weighted by Gasteiger charge is -2.23. The first-order chi connectivity index (χ1) is 12.6. The van der Waals surface area contributed by atoms with E-state index in [1.165, 1.54) is 0 Å². The number of hydrogen-bond donors (Lipinski definition) is 2. The van der Waals surface area contributed by atoms with E-state index in [4.69, 9.17) is 16.3 Å². The van der Waals surface area contributed by atoms with Crippen LogP contribution < -0.4 is 5.32 Å². The highest BCUT2D eigenvalue weighted by atomic mass is 35.5. The average Bonchev–Trinajstić information content (AvgIpc) is 3.04. The summed E-state index contributed by atoms with van der Waals surface area (Å²) in [6.45, 7) is 0.452. The number of esters is 1. The van der Waals surface area contributed by atoms with E-state index in [-0.39, 0.29) is 5.91 Å². The van der Waals surface area contributed by atoms with E-state index >= 15 is 0 Å². The van der Waals surface area contributed by atoms with Gasteiger partial charge in [0.25, 0.3) is 5.91 Å². The zero-order chi connectivity index (χ0) is 18.1. The number of carbonyl (C=O) groups is 2. The number of benzene rings is 2. The van der Waals surface area contributed by atoms with Gasteiger partial charge in [-0.05, 0) is 41.8 Å². The molecule has 0 radical (unpaired) electrons. The normalized spacial score (nSPS) is 16.2. The summed E-state index contributed by atoms with van der Waals surface area (Å²) in [4.78, 5) is 27.6. The maximum atomic E-state index is 12.4. The van der Waals surface area contributed by atoms with Crippen molar-refractivity contribution in [2.24, 2.45) is 0 Å². The van der Waals surface area contributed by atoms with E-state index in [1.54, 1.807) is 12.1 Å². The van der Waals surface area contributed by atoms with Gasteiger partial charge in [0.1, 0.15) is 0 Å². The maximum absolute atomic E-state index is 12.4. The minimum atomic E-state index is -0.783. The fourth-order valence-corrected chi connectivity index (χ4v) is 3.44. The van der Waals surface area contributed by atoms with Crippen molar-refractivity contribution >= 4 is 34.4 Å². The lowest BCUT2D eigenvalue weighted by molar-refractivity contribution is -0.130. The molecule has 0 spiro atoms. The van der Waals surface area contributed by atoms with Crippen LogP contribution in [0.4, 0.5) is 0 Å². The molecular weight excluding hydrogens is 352 g/mol. The third kappa shape index (κ3) is 3.18. The molecule has 6 heteroatoms. The standard InChI is InChI=1S/C20H17ClN2O3/c21-14-5-6-17-16(10-14)13(11-23-17)7-8-22-19(24)18-9-12-3-1-2-4-15(12)20(25)26-18/h1-6,10-11,18,23H,7-9H2,(H,22,24). The molecule has 5 nitrogen and oxygen atoms in total. The molecule has 26 heavy (non-hydrogen) atoms. The van der Waals surface area contributed by atoms with Crippen molar-refractivity contribution in [2.75, 3.05) is 6.54 Å². The Morgan fingerprint density at radius 1 is 1.27 bits per heavy atom. The molecule has 132 valence electrons. The van der Waals surface area contributed by atoms with Gasteiger partial charge in [0.2, 0.25) is 0 Å². The molecule has 0 aliphatic carbocycles. The van der Waals surface area contributed by atoms with Gasteiger partial charge < -0.3 is 15.0 Å². The van der Waals surface area contributed by atoms with Crippen molar-refractivity contribution in [3.63, 3.8) is 0 Å². The molecule has 1 unspecified atom stereocenters. The van der Waals surface area contributed by atoms with Gasteiger partial charge in [-0.1, -0.05) is 29.8 Å². The van der Waals surface area contributed by atoms with E-state index in [2.05, 4.69) is 10.3 Å². The van der Waals surface area contributed by atoms with Gasteiger partial charge in [-0.15, -0.1) is 0 Å². The largest absolute Gasteiger partial charge is 0.448 e. The molecule has 2 heterocycles. The second kappa shape index (κ2) is 6.84. The lowest BCUT2D eigenvalue weighted by atomic mass is 9.98. The second-order valence-corrected chi connectivity index (χ2v) is 6.74. The van der Waals surface area contributed by atoms with Crippen LogP contribution in [0.25, 0.3) is 10.9 Å². The van der Waals surface area contributed by atoms with Crippen LogP contribution in [0.3, 0.4) is 0 Å². The van der Waals surface area contributed by atoms with Crippen molar-refractivity contribution < 1.29 is 14.3 Å². The number of nitrogens with one attached hydrogen (secondary N) is 2. The summed E-state index contributed by atoms with van der Waals surface area (Å²) in [5, 5.41) is 4.58. The molecule has 0 saturated carbocycles. The molecule has 1 aliphatic rings.